The van der Waals surface area contributed by atoms with Gasteiger partial charge in [0.1, 0.15) is 0 Å². The van der Waals surface area contributed by atoms with Crippen molar-refractivity contribution >= 4 is 0 Å². The maximum Gasteiger partial charge on any atom is 0.0161 e. The van der Waals surface area contributed by atoms with E-state index in [1.54, 1.807) is 0 Å². The summed E-state index contributed by atoms with van der Waals surface area (Å²) in [6.07, 6.45) is 2.44. The second kappa shape index (κ2) is 7.50. The molecule has 3 unspecified atom stereocenters. The first kappa shape index (κ1) is 14.2. The van der Waals surface area contributed by atoms with Crippen LogP contribution in [-0.4, -0.2) is 12.6 Å². The summed E-state index contributed by atoms with van der Waals surface area (Å²) < 4.78 is 0. The number of nitrogens with one attached hydrogen (secondary N) is 1. The first-order valence-electron chi connectivity index (χ1n) is 7.02. The standard InChI is InChI=1S/C16H27N/c1-5-13(4)16(17-7-3)15(6-2)14-11-9-8-10-12-14/h8-13,15-17H,5-7H2,1-4H3. The summed E-state index contributed by atoms with van der Waals surface area (Å²) >= 11 is 0. The van der Waals surface area contributed by atoms with Crippen LogP contribution >= 0.6 is 0 Å². The molecule has 1 aromatic carbocycles. The molecule has 1 aromatic rings. The molecule has 0 radical (unpaired) electrons. The predicted octanol–water partition coefficient (Wildman–Crippen LogP) is 4.20. The highest BCUT2D eigenvalue weighted by atomic mass is 14.9. The molecule has 0 aliphatic rings. The predicted molar refractivity (Wildman–Crippen MR) is 76.4 cm³/mol. The van der Waals surface area contributed by atoms with E-state index in [2.05, 4.69) is 63.3 Å². The number of hydrogen-bond donors (Lipinski definition) is 1. The lowest BCUT2D eigenvalue weighted by Gasteiger charge is -2.32. The molecule has 0 saturated heterocycles. The Bertz CT molecular complexity index is 294. The highest BCUT2D eigenvalue weighted by Gasteiger charge is 2.24. The summed E-state index contributed by atoms with van der Waals surface area (Å²) in [5.74, 6) is 1.35. The number of rotatable bonds is 7. The van der Waals surface area contributed by atoms with Crippen LogP contribution in [0.1, 0.15) is 52.0 Å². The Labute approximate surface area is 107 Å². The Morgan fingerprint density at radius 1 is 1.00 bits per heavy atom. The molecule has 0 fully saturated rings. The van der Waals surface area contributed by atoms with Crippen LogP contribution in [0.4, 0.5) is 0 Å². The quantitative estimate of drug-likeness (QED) is 0.744. The number of likely N-dealkylation sites (N-methyl/N-ethyl adjacent to an activating group) is 1. The molecule has 0 aliphatic carbocycles. The fourth-order valence-corrected chi connectivity index (χ4v) is 2.63. The van der Waals surface area contributed by atoms with Gasteiger partial charge < -0.3 is 5.32 Å². The van der Waals surface area contributed by atoms with Gasteiger partial charge in [0.25, 0.3) is 0 Å². The van der Waals surface area contributed by atoms with Crippen LogP contribution in [0.5, 0.6) is 0 Å². The molecule has 0 saturated carbocycles. The Balaban J connectivity index is 2.89. The monoisotopic (exact) mass is 233 g/mol. The van der Waals surface area contributed by atoms with Gasteiger partial charge in [0.05, 0.1) is 0 Å². The van der Waals surface area contributed by atoms with Gasteiger partial charge in [-0.15, -0.1) is 0 Å². The van der Waals surface area contributed by atoms with Gasteiger partial charge in [0.2, 0.25) is 0 Å². The zero-order chi connectivity index (χ0) is 12.7. The van der Waals surface area contributed by atoms with Crippen LogP contribution in [0, 0.1) is 5.92 Å². The van der Waals surface area contributed by atoms with Crippen LogP contribution in [0.2, 0.25) is 0 Å². The minimum atomic E-state index is 0.595. The van der Waals surface area contributed by atoms with Gasteiger partial charge in [-0.1, -0.05) is 64.4 Å². The SMILES string of the molecule is CCNC(C(C)CC)C(CC)c1ccccc1. The number of hydrogen-bond acceptors (Lipinski definition) is 1. The average molecular weight is 233 g/mol. The van der Waals surface area contributed by atoms with E-state index in [9.17, 15) is 0 Å². The maximum absolute atomic E-state index is 3.68. The molecule has 0 aromatic heterocycles. The van der Waals surface area contributed by atoms with Crippen molar-refractivity contribution < 1.29 is 0 Å². The molecule has 96 valence electrons. The third-order valence-electron chi connectivity index (χ3n) is 3.80. The van der Waals surface area contributed by atoms with E-state index in [0.717, 1.165) is 12.5 Å². The van der Waals surface area contributed by atoms with Gasteiger partial charge in [-0.05, 0) is 30.4 Å². The van der Waals surface area contributed by atoms with Gasteiger partial charge in [-0.3, -0.25) is 0 Å². The summed E-state index contributed by atoms with van der Waals surface area (Å²) in [6.45, 7) is 10.2. The Hall–Kier alpha value is -0.820. The molecular weight excluding hydrogens is 206 g/mol. The van der Waals surface area contributed by atoms with Crippen molar-refractivity contribution in [2.75, 3.05) is 6.54 Å². The summed E-state index contributed by atoms with van der Waals surface area (Å²) in [5.41, 5.74) is 1.47. The van der Waals surface area contributed by atoms with Crippen molar-refractivity contribution in [2.24, 2.45) is 5.92 Å². The van der Waals surface area contributed by atoms with Crippen molar-refractivity contribution in [3.8, 4) is 0 Å². The smallest absolute Gasteiger partial charge is 0.0161 e. The van der Waals surface area contributed by atoms with E-state index >= 15 is 0 Å². The summed E-state index contributed by atoms with van der Waals surface area (Å²) in [7, 11) is 0. The van der Waals surface area contributed by atoms with E-state index < -0.39 is 0 Å². The van der Waals surface area contributed by atoms with E-state index in [1.807, 2.05) is 0 Å². The maximum atomic E-state index is 3.68. The molecule has 0 heterocycles. The number of benzene rings is 1. The second-order valence-electron chi connectivity index (χ2n) is 4.89. The van der Waals surface area contributed by atoms with Crippen LogP contribution < -0.4 is 5.32 Å². The summed E-state index contributed by atoms with van der Waals surface area (Å²) in [5, 5.41) is 3.68. The molecule has 0 aliphatic heterocycles. The zero-order valence-electron chi connectivity index (χ0n) is 11.7. The van der Waals surface area contributed by atoms with Crippen LogP contribution in [0.15, 0.2) is 30.3 Å². The van der Waals surface area contributed by atoms with Crippen molar-refractivity contribution in [1.82, 2.24) is 5.32 Å². The van der Waals surface area contributed by atoms with Crippen LogP contribution in [0.3, 0.4) is 0 Å². The second-order valence-corrected chi connectivity index (χ2v) is 4.89. The molecule has 17 heavy (non-hydrogen) atoms. The largest absolute Gasteiger partial charge is 0.313 e. The van der Waals surface area contributed by atoms with Gasteiger partial charge >= 0.3 is 0 Å². The lowest BCUT2D eigenvalue weighted by atomic mass is 9.81. The molecule has 0 spiro atoms. The molecule has 3 atom stereocenters. The molecule has 1 nitrogen and oxygen atoms in total. The van der Waals surface area contributed by atoms with Crippen LogP contribution in [-0.2, 0) is 0 Å². The first-order chi connectivity index (χ1) is 8.24. The van der Waals surface area contributed by atoms with E-state index in [0.29, 0.717) is 12.0 Å². The van der Waals surface area contributed by atoms with Gasteiger partial charge in [0.15, 0.2) is 0 Å². The lowest BCUT2D eigenvalue weighted by molar-refractivity contribution is 0.315. The molecule has 1 N–H and O–H groups in total. The van der Waals surface area contributed by atoms with Crippen molar-refractivity contribution in [1.29, 1.82) is 0 Å². The third-order valence-corrected chi connectivity index (χ3v) is 3.80. The minimum absolute atomic E-state index is 0.595. The molecule has 0 amide bonds. The first-order valence-corrected chi connectivity index (χ1v) is 7.02. The highest BCUT2D eigenvalue weighted by Crippen LogP contribution is 2.28. The average Bonchev–Trinajstić information content (AvgIpc) is 2.39. The molecular formula is C16H27N. The normalized spacial score (nSPS) is 16.5. The van der Waals surface area contributed by atoms with Gasteiger partial charge in [-0.2, -0.15) is 0 Å². The summed E-state index contributed by atoms with van der Waals surface area (Å²) in [4.78, 5) is 0. The van der Waals surface area contributed by atoms with Crippen molar-refractivity contribution in [3.63, 3.8) is 0 Å². The van der Waals surface area contributed by atoms with Gasteiger partial charge in [0, 0.05) is 6.04 Å². The van der Waals surface area contributed by atoms with Gasteiger partial charge in [-0.25, -0.2) is 0 Å². The topological polar surface area (TPSA) is 12.0 Å². The zero-order valence-corrected chi connectivity index (χ0v) is 11.7. The minimum Gasteiger partial charge on any atom is -0.313 e. The Kier molecular flexibility index (Phi) is 6.28. The molecule has 1 rings (SSSR count). The van der Waals surface area contributed by atoms with E-state index in [4.69, 9.17) is 0 Å². The van der Waals surface area contributed by atoms with Crippen LogP contribution in [0.25, 0.3) is 0 Å². The van der Waals surface area contributed by atoms with Crippen molar-refractivity contribution in [2.45, 2.75) is 52.5 Å². The fraction of sp³-hybridized carbons (Fsp3) is 0.625. The summed E-state index contributed by atoms with van der Waals surface area (Å²) in [6, 6.07) is 11.5. The third kappa shape index (κ3) is 3.85. The van der Waals surface area contributed by atoms with Crippen molar-refractivity contribution in [3.05, 3.63) is 35.9 Å². The Morgan fingerprint density at radius 3 is 2.12 bits per heavy atom. The highest BCUT2D eigenvalue weighted by molar-refractivity contribution is 5.21. The van der Waals surface area contributed by atoms with E-state index in [1.165, 1.54) is 18.4 Å². The molecule has 0 bridgehead atoms. The lowest BCUT2D eigenvalue weighted by Crippen LogP contribution is -2.39. The fourth-order valence-electron chi connectivity index (χ4n) is 2.63. The van der Waals surface area contributed by atoms with E-state index in [-0.39, 0.29) is 0 Å². The molecule has 1 heteroatoms. The Morgan fingerprint density at radius 2 is 1.65 bits per heavy atom.